The van der Waals surface area contributed by atoms with E-state index in [1.165, 1.54) is 17.1 Å². The molecule has 0 aliphatic heterocycles. The molecule has 0 bridgehead atoms. The zero-order valence-electron chi connectivity index (χ0n) is 12.5. The number of hydrogen-bond acceptors (Lipinski definition) is 3. The SMILES string of the molecule is [C-]#[N+]c1cc(-n2cc(C(=O)O)cn2)ccc1OCCC(C)C. The number of carbonyl (C=O) groups is 1. The lowest BCUT2D eigenvalue weighted by Crippen LogP contribution is -2.02. The van der Waals surface area contributed by atoms with E-state index in [4.69, 9.17) is 16.4 Å². The van der Waals surface area contributed by atoms with Gasteiger partial charge in [0, 0.05) is 6.20 Å². The number of aromatic carboxylic acids is 1. The van der Waals surface area contributed by atoms with Crippen molar-refractivity contribution in [2.75, 3.05) is 6.61 Å². The van der Waals surface area contributed by atoms with E-state index in [1.54, 1.807) is 18.2 Å². The van der Waals surface area contributed by atoms with E-state index in [0.29, 0.717) is 29.6 Å². The molecule has 0 amide bonds. The molecule has 1 aromatic carbocycles. The van der Waals surface area contributed by atoms with E-state index >= 15 is 0 Å². The lowest BCUT2D eigenvalue weighted by atomic mass is 10.1. The number of carboxylic acids is 1. The van der Waals surface area contributed by atoms with Gasteiger partial charge in [-0.15, -0.1) is 0 Å². The average Bonchev–Trinajstić information content (AvgIpc) is 2.97. The fraction of sp³-hybridized carbons (Fsp3) is 0.312. The van der Waals surface area contributed by atoms with Crippen LogP contribution in [0.15, 0.2) is 30.6 Å². The van der Waals surface area contributed by atoms with Crippen molar-refractivity contribution in [1.29, 1.82) is 0 Å². The highest BCUT2D eigenvalue weighted by molar-refractivity contribution is 5.87. The Bertz CT molecular complexity index is 714. The summed E-state index contributed by atoms with van der Waals surface area (Å²) in [4.78, 5) is 14.3. The van der Waals surface area contributed by atoms with Crippen molar-refractivity contribution in [3.63, 3.8) is 0 Å². The second-order valence-corrected chi connectivity index (χ2v) is 5.27. The Morgan fingerprint density at radius 2 is 2.27 bits per heavy atom. The van der Waals surface area contributed by atoms with Crippen molar-refractivity contribution < 1.29 is 14.6 Å². The van der Waals surface area contributed by atoms with Crippen LogP contribution in [0.2, 0.25) is 0 Å². The Kier molecular flexibility index (Phi) is 4.79. The molecule has 114 valence electrons. The van der Waals surface area contributed by atoms with E-state index in [1.807, 2.05) is 0 Å². The van der Waals surface area contributed by atoms with Gasteiger partial charge in [0.1, 0.15) is 5.75 Å². The molecule has 0 unspecified atom stereocenters. The molecular weight excluding hydrogens is 282 g/mol. The third-order valence-corrected chi connectivity index (χ3v) is 3.11. The minimum Gasteiger partial charge on any atom is -0.505 e. The maximum absolute atomic E-state index is 10.9. The first kappa shape index (κ1) is 15.6. The molecule has 6 nitrogen and oxygen atoms in total. The summed E-state index contributed by atoms with van der Waals surface area (Å²) >= 11 is 0. The van der Waals surface area contributed by atoms with Gasteiger partial charge in [0.15, 0.2) is 0 Å². The van der Waals surface area contributed by atoms with Gasteiger partial charge in [-0.25, -0.2) is 14.3 Å². The van der Waals surface area contributed by atoms with Gasteiger partial charge in [-0.3, -0.25) is 0 Å². The Balaban J connectivity index is 2.21. The Labute approximate surface area is 128 Å². The molecule has 0 fully saturated rings. The number of carboxylic acid groups (broad SMARTS) is 1. The van der Waals surface area contributed by atoms with Gasteiger partial charge in [-0.05, 0) is 30.5 Å². The standard InChI is InChI=1S/C16H17N3O3/c1-11(2)6-7-22-15-5-4-13(8-14(15)17-3)19-10-12(9-18-19)16(20)21/h4-5,8-11H,6-7H2,1-2H3,(H,20,21). The summed E-state index contributed by atoms with van der Waals surface area (Å²) in [6.07, 6.45) is 3.60. The van der Waals surface area contributed by atoms with Gasteiger partial charge in [-0.1, -0.05) is 13.8 Å². The predicted octanol–water partition coefficient (Wildman–Crippen LogP) is 3.55. The lowest BCUT2D eigenvalue weighted by molar-refractivity contribution is 0.0697. The van der Waals surface area contributed by atoms with Crippen LogP contribution in [0.5, 0.6) is 5.75 Å². The van der Waals surface area contributed by atoms with Gasteiger partial charge in [0.2, 0.25) is 5.69 Å². The summed E-state index contributed by atoms with van der Waals surface area (Å²) in [5.41, 5.74) is 1.10. The summed E-state index contributed by atoms with van der Waals surface area (Å²) in [7, 11) is 0. The van der Waals surface area contributed by atoms with Crippen molar-refractivity contribution in [3.05, 3.63) is 47.6 Å². The van der Waals surface area contributed by atoms with Gasteiger partial charge in [0.05, 0.1) is 30.6 Å². The highest BCUT2D eigenvalue weighted by Crippen LogP contribution is 2.30. The van der Waals surface area contributed by atoms with Crippen molar-refractivity contribution >= 4 is 11.7 Å². The van der Waals surface area contributed by atoms with Crippen molar-refractivity contribution in [2.45, 2.75) is 20.3 Å². The maximum atomic E-state index is 10.9. The van der Waals surface area contributed by atoms with Gasteiger partial charge >= 0.3 is 5.97 Å². The van der Waals surface area contributed by atoms with E-state index < -0.39 is 5.97 Å². The number of benzene rings is 1. The minimum absolute atomic E-state index is 0.0987. The van der Waals surface area contributed by atoms with Crippen molar-refractivity contribution in [2.24, 2.45) is 5.92 Å². The molecule has 0 radical (unpaired) electrons. The summed E-state index contributed by atoms with van der Waals surface area (Å²) < 4.78 is 7.06. The topological polar surface area (TPSA) is 68.7 Å². The first-order chi connectivity index (χ1) is 10.5. The van der Waals surface area contributed by atoms with Crippen LogP contribution in [0, 0.1) is 12.5 Å². The van der Waals surface area contributed by atoms with Crippen molar-refractivity contribution in [3.8, 4) is 11.4 Å². The first-order valence-electron chi connectivity index (χ1n) is 6.94. The lowest BCUT2D eigenvalue weighted by Gasteiger charge is -2.11. The van der Waals surface area contributed by atoms with Crippen LogP contribution >= 0.6 is 0 Å². The van der Waals surface area contributed by atoms with Crippen LogP contribution in [0.4, 0.5) is 5.69 Å². The van der Waals surface area contributed by atoms with Gasteiger partial charge < -0.3 is 9.84 Å². The summed E-state index contributed by atoms with van der Waals surface area (Å²) in [6, 6.07) is 5.10. The van der Waals surface area contributed by atoms with Gasteiger partial charge in [0.25, 0.3) is 0 Å². The van der Waals surface area contributed by atoms with Crippen LogP contribution in [-0.4, -0.2) is 27.5 Å². The van der Waals surface area contributed by atoms with E-state index in [2.05, 4.69) is 23.8 Å². The minimum atomic E-state index is -1.04. The molecular formula is C16H17N3O3. The van der Waals surface area contributed by atoms with E-state index in [0.717, 1.165) is 6.42 Å². The smallest absolute Gasteiger partial charge is 0.338 e. The summed E-state index contributed by atoms with van der Waals surface area (Å²) in [5.74, 6) is 0.0319. The largest absolute Gasteiger partial charge is 0.505 e. The number of rotatable bonds is 6. The molecule has 0 atom stereocenters. The number of hydrogen-bond donors (Lipinski definition) is 1. The Morgan fingerprint density at radius 1 is 1.50 bits per heavy atom. The zero-order chi connectivity index (χ0) is 16.1. The van der Waals surface area contributed by atoms with Crippen LogP contribution in [-0.2, 0) is 0 Å². The molecule has 1 N–H and O–H groups in total. The molecule has 6 heteroatoms. The zero-order valence-corrected chi connectivity index (χ0v) is 12.5. The highest BCUT2D eigenvalue weighted by Gasteiger charge is 2.10. The first-order valence-corrected chi connectivity index (χ1v) is 6.94. The van der Waals surface area contributed by atoms with E-state index in [-0.39, 0.29) is 5.56 Å². The van der Waals surface area contributed by atoms with Crippen LogP contribution in [0.3, 0.4) is 0 Å². The van der Waals surface area contributed by atoms with Crippen LogP contribution < -0.4 is 4.74 Å². The molecule has 0 saturated heterocycles. The average molecular weight is 299 g/mol. The number of nitrogens with zero attached hydrogens (tertiary/aromatic N) is 3. The maximum Gasteiger partial charge on any atom is 0.338 e. The quantitative estimate of drug-likeness (QED) is 0.828. The van der Waals surface area contributed by atoms with Crippen LogP contribution in [0.1, 0.15) is 30.6 Å². The summed E-state index contributed by atoms with van der Waals surface area (Å²) in [5, 5.41) is 12.9. The number of aromatic nitrogens is 2. The molecule has 2 rings (SSSR count). The highest BCUT2D eigenvalue weighted by atomic mass is 16.5. The number of ether oxygens (including phenoxy) is 1. The van der Waals surface area contributed by atoms with Crippen LogP contribution in [0.25, 0.3) is 10.5 Å². The fourth-order valence-electron chi connectivity index (χ4n) is 1.84. The molecule has 1 aromatic heterocycles. The Morgan fingerprint density at radius 3 is 2.86 bits per heavy atom. The molecule has 2 aromatic rings. The second-order valence-electron chi connectivity index (χ2n) is 5.27. The second kappa shape index (κ2) is 6.76. The fourth-order valence-corrected chi connectivity index (χ4v) is 1.84. The normalized spacial score (nSPS) is 10.5. The molecule has 22 heavy (non-hydrogen) atoms. The molecule has 0 aliphatic carbocycles. The third-order valence-electron chi connectivity index (χ3n) is 3.11. The van der Waals surface area contributed by atoms with Crippen molar-refractivity contribution in [1.82, 2.24) is 9.78 Å². The molecule has 1 heterocycles. The summed E-state index contributed by atoms with van der Waals surface area (Å²) in [6.45, 7) is 12.0. The Hall–Kier alpha value is -2.81. The molecule has 0 saturated carbocycles. The monoisotopic (exact) mass is 299 g/mol. The third kappa shape index (κ3) is 3.64. The predicted molar refractivity (Wildman–Crippen MR) is 81.7 cm³/mol. The van der Waals surface area contributed by atoms with E-state index in [9.17, 15) is 4.79 Å². The molecule has 0 spiro atoms. The van der Waals surface area contributed by atoms with Gasteiger partial charge in [-0.2, -0.15) is 5.10 Å². The molecule has 0 aliphatic rings.